The lowest BCUT2D eigenvalue weighted by Crippen LogP contribution is -2.27. The van der Waals surface area contributed by atoms with Crippen LogP contribution >= 0.6 is 0 Å². The Labute approximate surface area is 103 Å². The Kier molecular flexibility index (Phi) is 6.62. The summed E-state index contributed by atoms with van der Waals surface area (Å²) in [4.78, 5) is 2.13. The molecular formula is C13H22N2O2. The Morgan fingerprint density at radius 3 is 3.06 bits per heavy atom. The molecule has 1 heterocycles. The van der Waals surface area contributed by atoms with Gasteiger partial charge in [-0.05, 0) is 12.6 Å². The van der Waals surface area contributed by atoms with Crippen LogP contribution in [0.3, 0.4) is 0 Å². The van der Waals surface area contributed by atoms with Gasteiger partial charge in [0.15, 0.2) is 0 Å². The molecule has 0 saturated carbocycles. The first kappa shape index (κ1) is 14.0. The maximum Gasteiger partial charge on any atom is 0.122 e. The molecule has 0 fully saturated rings. The van der Waals surface area contributed by atoms with Crippen LogP contribution in [0, 0.1) is 0 Å². The second kappa shape index (κ2) is 8.06. The van der Waals surface area contributed by atoms with Crippen molar-refractivity contribution in [1.82, 2.24) is 10.2 Å². The summed E-state index contributed by atoms with van der Waals surface area (Å²) in [5, 5.41) is 12.2. The van der Waals surface area contributed by atoms with Crippen molar-refractivity contribution in [3.63, 3.8) is 0 Å². The zero-order chi connectivity index (χ0) is 12.5. The zero-order valence-electron chi connectivity index (χ0n) is 10.5. The fourth-order valence-electron chi connectivity index (χ4n) is 1.70. The second-order valence-corrected chi connectivity index (χ2v) is 3.90. The van der Waals surface area contributed by atoms with Gasteiger partial charge in [0, 0.05) is 25.2 Å². The second-order valence-electron chi connectivity index (χ2n) is 3.90. The molecule has 0 aliphatic carbocycles. The van der Waals surface area contributed by atoms with Crippen LogP contribution in [0.15, 0.2) is 29.4 Å². The Morgan fingerprint density at radius 2 is 2.41 bits per heavy atom. The lowest BCUT2D eigenvalue weighted by atomic mass is 10.2. The average Bonchev–Trinajstić information content (AvgIpc) is 2.74. The fraction of sp³-hybridized carbons (Fsp3) is 0.538. The highest BCUT2D eigenvalue weighted by Crippen LogP contribution is 2.13. The van der Waals surface area contributed by atoms with Crippen LogP contribution in [-0.4, -0.2) is 36.2 Å². The van der Waals surface area contributed by atoms with E-state index in [1.54, 1.807) is 6.26 Å². The van der Waals surface area contributed by atoms with E-state index < -0.39 is 0 Å². The molecule has 0 aromatic carbocycles. The summed E-state index contributed by atoms with van der Waals surface area (Å²) in [5.41, 5.74) is 1.17. The van der Waals surface area contributed by atoms with Crippen LogP contribution in [0.25, 0.3) is 0 Å². The van der Waals surface area contributed by atoms with Gasteiger partial charge in [-0.3, -0.25) is 4.90 Å². The summed E-state index contributed by atoms with van der Waals surface area (Å²) in [6, 6.07) is 1.99. The third-order valence-electron chi connectivity index (χ3n) is 2.57. The molecular weight excluding hydrogens is 216 g/mol. The molecule has 0 saturated heterocycles. The molecule has 0 aliphatic rings. The third kappa shape index (κ3) is 4.73. The van der Waals surface area contributed by atoms with Crippen LogP contribution < -0.4 is 5.32 Å². The van der Waals surface area contributed by atoms with Gasteiger partial charge in [0.05, 0.1) is 19.4 Å². The van der Waals surface area contributed by atoms with E-state index in [-0.39, 0.29) is 6.61 Å². The van der Waals surface area contributed by atoms with E-state index in [2.05, 4.69) is 23.7 Å². The van der Waals surface area contributed by atoms with E-state index >= 15 is 0 Å². The number of rotatable bonds is 9. The first-order valence-electron chi connectivity index (χ1n) is 6.01. The number of aliphatic hydroxyl groups is 1. The van der Waals surface area contributed by atoms with Gasteiger partial charge < -0.3 is 14.8 Å². The van der Waals surface area contributed by atoms with Crippen LogP contribution in [-0.2, 0) is 13.1 Å². The van der Waals surface area contributed by atoms with E-state index in [1.807, 2.05) is 12.1 Å². The van der Waals surface area contributed by atoms with Crippen molar-refractivity contribution in [2.75, 3.05) is 26.2 Å². The quantitative estimate of drug-likeness (QED) is 0.638. The molecule has 17 heavy (non-hydrogen) atoms. The van der Waals surface area contributed by atoms with Crippen molar-refractivity contribution in [3.8, 4) is 0 Å². The molecule has 4 heteroatoms. The molecule has 1 aromatic rings. The van der Waals surface area contributed by atoms with E-state index in [1.165, 1.54) is 5.56 Å². The maximum absolute atomic E-state index is 8.99. The normalized spacial score (nSPS) is 11.0. The highest BCUT2D eigenvalue weighted by atomic mass is 16.3. The molecule has 96 valence electrons. The van der Waals surface area contributed by atoms with Gasteiger partial charge in [0.2, 0.25) is 0 Å². The van der Waals surface area contributed by atoms with Gasteiger partial charge in [-0.2, -0.15) is 0 Å². The molecule has 4 nitrogen and oxygen atoms in total. The van der Waals surface area contributed by atoms with Crippen molar-refractivity contribution in [3.05, 3.63) is 36.3 Å². The summed E-state index contributed by atoms with van der Waals surface area (Å²) < 4.78 is 5.45. The number of aliphatic hydroxyl groups excluding tert-OH is 1. The molecule has 0 spiro atoms. The van der Waals surface area contributed by atoms with Crippen molar-refractivity contribution in [1.29, 1.82) is 0 Å². The summed E-state index contributed by atoms with van der Waals surface area (Å²) >= 11 is 0. The summed E-state index contributed by atoms with van der Waals surface area (Å²) in [5.74, 6) is 0.971. The van der Waals surface area contributed by atoms with Gasteiger partial charge in [0.25, 0.3) is 0 Å². The Bertz CT molecular complexity index is 323. The number of nitrogens with zero attached hydrogens (tertiary/aromatic N) is 1. The molecule has 0 radical (unpaired) electrons. The number of nitrogens with one attached hydrogen (secondary N) is 1. The molecule has 0 unspecified atom stereocenters. The van der Waals surface area contributed by atoms with Gasteiger partial charge in [-0.25, -0.2) is 0 Å². The van der Waals surface area contributed by atoms with Gasteiger partial charge in [-0.1, -0.05) is 13.0 Å². The van der Waals surface area contributed by atoms with E-state index in [0.717, 1.165) is 31.9 Å². The fourth-order valence-corrected chi connectivity index (χ4v) is 1.70. The number of hydrogen-bond donors (Lipinski definition) is 2. The van der Waals surface area contributed by atoms with Gasteiger partial charge >= 0.3 is 0 Å². The Hall–Kier alpha value is -1.10. The molecule has 2 N–H and O–H groups in total. The molecule has 0 aliphatic heterocycles. The highest BCUT2D eigenvalue weighted by molar-refractivity contribution is 5.17. The van der Waals surface area contributed by atoms with Crippen molar-refractivity contribution >= 4 is 0 Å². The minimum atomic E-state index is 0.161. The van der Waals surface area contributed by atoms with Crippen molar-refractivity contribution < 1.29 is 9.52 Å². The van der Waals surface area contributed by atoms with Crippen molar-refractivity contribution in [2.24, 2.45) is 0 Å². The van der Waals surface area contributed by atoms with E-state index in [4.69, 9.17) is 9.52 Å². The zero-order valence-corrected chi connectivity index (χ0v) is 10.5. The first-order chi connectivity index (χ1) is 8.31. The summed E-state index contributed by atoms with van der Waals surface area (Å²) in [6.45, 7) is 9.83. The molecule has 1 rings (SSSR count). The molecule has 0 atom stereocenters. The first-order valence-corrected chi connectivity index (χ1v) is 6.01. The summed E-state index contributed by atoms with van der Waals surface area (Å²) in [7, 11) is 0. The Morgan fingerprint density at radius 1 is 1.59 bits per heavy atom. The largest absolute Gasteiger partial charge is 0.468 e. The minimum absolute atomic E-state index is 0.161. The van der Waals surface area contributed by atoms with Gasteiger partial charge in [-0.15, -0.1) is 6.58 Å². The van der Waals surface area contributed by atoms with Gasteiger partial charge in [0.1, 0.15) is 5.76 Å². The molecule has 1 aromatic heterocycles. The monoisotopic (exact) mass is 238 g/mol. The van der Waals surface area contributed by atoms with E-state index in [0.29, 0.717) is 6.54 Å². The van der Waals surface area contributed by atoms with Crippen molar-refractivity contribution in [2.45, 2.75) is 20.0 Å². The predicted octanol–water partition coefficient (Wildman–Crippen LogP) is 1.37. The third-order valence-corrected chi connectivity index (χ3v) is 2.57. The average molecular weight is 238 g/mol. The lowest BCUT2D eigenvalue weighted by Gasteiger charge is -2.19. The predicted molar refractivity (Wildman–Crippen MR) is 68.6 cm³/mol. The standard InChI is InChI=1S/C13H22N2O2/c1-3-6-15(7-8-16)11-12-5-9-17-13(12)10-14-4-2/h3,5,9,14,16H,1,4,6-8,10-11H2,2H3. The van der Waals surface area contributed by atoms with Crippen LogP contribution in [0.2, 0.25) is 0 Å². The SMILES string of the molecule is C=CCN(CCO)Cc1ccoc1CNCC. The Balaban J connectivity index is 2.57. The molecule has 0 bridgehead atoms. The minimum Gasteiger partial charge on any atom is -0.468 e. The highest BCUT2D eigenvalue weighted by Gasteiger charge is 2.10. The lowest BCUT2D eigenvalue weighted by molar-refractivity contribution is 0.202. The van der Waals surface area contributed by atoms with Crippen LogP contribution in [0.4, 0.5) is 0 Å². The maximum atomic E-state index is 8.99. The molecule has 0 amide bonds. The summed E-state index contributed by atoms with van der Waals surface area (Å²) in [6.07, 6.45) is 3.56. The number of furan rings is 1. The smallest absolute Gasteiger partial charge is 0.122 e. The topological polar surface area (TPSA) is 48.6 Å². The van der Waals surface area contributed by atoms with Crippen LogP contribution in [0.1, 0.15) is 18.2 Å². The van der Waals surface area contributed by atoms with E-state index in [9.17, 15) is 0 Å². The number of hydrogen-bond acceptors (Lipinski definition) is 4. The van der Waals surface area contributed by atoms with Crippen LogP contribution in [0.5, 0.6) is 0 Å².